The van der Waals surface area contributed by atoms with Gasteiger partial charge >= 0.3 is 12.2 Å². The Bertz CT molecular complexity index is 575. The first-order valence-electron chi connectivity index (χ1n) is 7.18. The summed E-state index contributed by atoms with van der Waals surface area (Å²) in [7, 11) is 0. The van der Waals surface area contributed by atoms with Gasteiger partial charge < -0.3 is 9.47 Å². The van der Waals surface area contributed by atoms with Crippen molar-refractivity contribution in [2.24, 2.45) is 0 Å². The van der Waals surface area contributed by atoms with Crippen LogP contribution in [-0.4, -0.2) is 28.4 Å². The van der Waals surface area contributed by atoms with Crippen LogP contribution in [0.3, 0.4) is 0 Å². The lowest BCUT2D eigenvalue weighted by atomic mass is 10.2. The molecule has 0 aliphatic carbocycles. The molecule has 0 aliphatic heterocycles. The number of rotatable bonds is 1. The van der Waals surface area contributed by atoms with Gasteiger partial charge in [-0.25, -0.2) is 14.6 Å². The molecule has 1 heterocycles. The first-order valence-corrected chi connectivity index (χ1v) is 7.56. The topological polar surface area (TPSA) is 68.7 Å². The molecule has 1 aromatic heterocycles. The van der Waals surface area contributed by atoms with Crippen molar-refractivity contribution in [3.8, 4) is 0 Å². The average molecular weight is 343 g/mol. The second-order valence-electron chi connectivity index (χ2n) is 7.11. The molecule has 128 valence electrons. The lowest BCUT2D eigenvalue weighted by Crippen LogP contribution is -2.44. The molecular formula is C16H23ClN2O4. The number of carbonyl (C=O) groups is 2. The van der Waals surface area contributed by atoms with Crippen LogP contribution in [0.15, 0.2) is 12.3 Å². The molecule has 0 saturated carbocycles. The molecule has 6 nitrogen and oxygen atoms in total. The summed E-state index contributed by atoms with van der Waals surface area (Å²) in [6.45, 7) is 12.0. The predicted molar refractivity (Wildman–Crippen MR) is 88.9 cm³/mol. The van der Waals surface area contributed by atoms with E-state index in [1.54, 1.807) is 54.5 Å². The van der Waals surface area contributed by atoms with Gasteiger partial charge in [-0.2, -0.15) is 4.90 Å². The minimum Gasteiger partial charge on any atom is -0.443 e. The zero-order valence-electron chi connectivity index (χ0n) is 14.6. The molecule has 0 radical (unpaired) electrons. The first-order chi connectivity index (χ1) is 10.3. The molecular weight excluding hydrogens is 320 g/mol. The summed E-state index contributed by atoms with van der Waals surface area (Å²) in [5, 5.41) is 0.154. The normalized spacial score (nSPS) is 11.8. The first kappa shape index (κ1) is 19.2. The third-order valence-corrected chi connectivity index (χ3v) is 2.60. The summed E-state index contributed by atoms with van der Waals surface area (Å²) < 4.78 is 10.5. The van der Waals surface area contributed by atoms with Crippen molar-refractivity contribution in [3.63, 3.8) is 0 Å². The number of hydrogen-bond acceptors (Lipinski definition) is 5. The van der Waals surface area contributed by atoms with Crippen molar-refractivity contribution in [2.45, 2.75) is 59.7 Å². The van der Waals surface area contributed by atoms with Crippen LogP contribution in [-0.2, 0) is 9.47 Å². The van der Waals surface area contributed by atoms with Gasteiger partial charge in [0, 0.05) is 6.20 Å². The molecule has 7 heteroatoms. The molecule has 0 N–H and O–H groups in total. The van der Waals surface area contributed by atoms with E-state index in [4.69, 9.17) is 21.1 Å². The summed E-state index contributed by atoms with van der Waals surface area (Å²) in [6.07, 6.45) is -0.293. The molecule has 23 heavy (non-hydrogen) atoms. The fourth-order valence-corrected chi connectivity index (χ4v) is 1.86. The SMILES string of the molecule is Cc1cnc(N(C(=O)OC(C)(C)C)C(=O)OC(C)(C)C)c(Cl)c1. The smallest absolute Gasteiger partial charge is 0.425 e. The van der Waals surface area contributed by atoms with E-state index < -0.39 is 23.4 Å². The van der Waals surface area contributed by atoms with Crippen molar-refractivity contribution in [1.29, 1.82) is 0 Å². The highest BCUT2D eigenvalue weighted by molar-refractivity contribution is 6.34. The van der Waals surface area contributed by atoms with E-state index in [-0.39, 0.29) is 10.8 Å². The van der Waals surface area contributed by atoms with Gasteiger partial charge in [0.15, 0.2) is 5.82 Å². The summed E-state index contributed by atoms with van der Waals surface area (Å²) in [5.41, 5.74) is -0.768. The van der Waals surface area contributed by atoms with E-state index in [0.29, 0.717) is 4.90 Å². The lowest BCUT2D eigenvalue weighted by Gasteiger charge is -2.28. The number of halogens is 1. The van der Waals surface area contributed by atoms with Gasteiger partial charge in [-0.1, -0.05) is 11.6 Å². The van der Waals surface area contributed by atoms with Crippen molar-refractivity contribution in [3.05, 3.63) is 22.8 Å². The Hall–Kier alpha value is -1.82. The van der Waals surface area contributed by atoms with E-state index in [0.717, 1.165) is 5.56 Å². The lowest BCUT2D eigenvalue weighted by molar-refractivity contribution is 0.0429. The van der Waals surface area contributed by atoms with Crippen molar-refractivity contribution >= 4 is 29.6 Å². The fourth-order valence-electron chi connectivity index (χ4n) is 1.55. The second kappa shape index (κ2) is 6.74. The Morgan fingerprint density at radius 3 is 1.83 bits per heavy atom. The van der Waals surface area contributed by atoms with Crippen molar-refractivity contribution in [1.82, 2.24) is 4.98 Å². The maximum Gasteiger partial charge on any atom is 0.425 e. The van der Waals surface area contributed by atoms with Crippen LogP contribution in [0.1, 0.15) is 47.1 Å². The van der Waals surface area contributed by atoms with Gasteiger partial charge in [0.25, 0.3) is 0 Å². The highest BCUT2D eigenvalue weighted by Crippen LogP contribution is 2.27. The maximum absolute atomic E-state index is 12.4. The Balaban J connectivity index is 3.25. The number of carbonyl (C=O) groups excluding carboxylic acids is 2. The minimum absolute atomic E-state index is 0.0271. The fraction of sp³-hybridized carbons (Fsp3) is 0.562. The average Bonchev–Trinajstić information content (AvgIpc) is 2.27. The van der Waals surface area contributed by atoms with Crippen LogP contribution in [0.25, 0.3) is 0 Å². The molecule has 0 atom stereocenters. The third kappa shape index (κ3) is 6.06. The quantitative estimate of drug-likeness (QED) is 0.738. The van der Waals surface area contributed by atoms with Crippen LogP contribution in [0, 0.1) is 6.92 Å². The number of nitrogens with zero attached hydrogens (tertiary/aromatic N) is 2. The Kier molecular flexibility index (Phi) is 5.64. The van der Waals surface area contributed by atoms with Crippen molar-refractivity contribution < 1.29 is 19.1 Å². The standard InChI is InChI=1S/C16H23ClN2O4/c1-10-8-11(17)12(18-9-10)19(13(20)22-15(2,3)4)14(21)23-16(5,6)7/h8-9H,1-7H3. The largest absolute Gasteiger partial charge is 0.443 e. The van der Waals surface area contributed by atoms with Crippen molar-refractivity contribution in [2.75, 3.05) is 4.90 Å². The van der Waals surface area contributed by atoms with Gasteiger partial charge in [0.2, 0.25) is 0 Å². The zero-order valence-corrected chi connectivity index (χ0v) is 15.3. The Morgan fingerprint density at radius 1 is 1.04 bits per heavy atom. The zero-order chi connectivity index (χ0) is 18.0. The number of pyridine rings is 1. The highest BCUT2D eigenvalue weighted by Gasteiger charge is 2.34. The summed E-state index contributed by atoms with van der Waals surface area (Å²) >= 11 is 6.14. The maximum atomic E-state index is 12.4. The van der Waals surface area contributed by atoms with Crippen LogP contribution >= 0.6 is 11.6 Å². The van der Waals surface area contributed by atoms with E-state index in [2.05, 4.69) is 4.98 Å². The number of ether oxygens (including phenoxy) is 2. The number of anilines is 1. The van der Waals surface area contributed by atoms with Gasteiger partial charge in [-0.3, -0.25) is 0 Å². The summed E-state index contributed by atoms with van der Waals surface area (Å²) in [6, 6.07) is 1.60. The summed E-state index contributed by atoms with van der Waals surface area (Å²) in [5.74, 6) is -0.0271. The minimum atomic E-state index is -0.898. The van der Waals surface area contributed by atoms with E-state index in [1.807, 2.05) is 0 Å². The molecule has 2 amide bonds. The van der Waals surface area contributed by atoms with Gasteiger partial charge in [0.1, 0.15) is 11.2 Å². The molecule has 0 saturated heterocycles. The number of amides is 2. The molecule has 0 aromatic carbocycles. The van der Waals surface area contributed by atoms with Crippen LogP contribution in [0.2, 0.25) is 5.02 Å². The molecule has 1 rings (SSSR count). The molecule has 0 fully saturated rings. The van der Waals surface area contributed by atoms with Crippen LogP contribution in [0.5, 0.6) is 0 Å². The number of hydrogen-bond donors (Lipinski definition) is 0. The van der Waals surface area contributed by atoms with Crippen LogP contribution < -0.4 is 4.90 Å². The van der Waals surface area contributed by atoms with Gasteiger partial charge in [-0.05, 0) is 60.1 Å². The molecule has 0 spiro atoms. The van der Waals surface area contributed by atoms with E-state index >= 15 is 0 Å². The predicted octanol–water partition coefficient (Wildman–Crippen LogP) is 4.72. The van der Waals surface area contributed by atoms with Gasteiger partial charge in [0.05, 0.1) is 5.02 Å². The highest BCUT2D eigenvalue weighted by atomic mass is 35.5. The number of imide groups is 1. The molecule has 0 aliphatic rings. The second-order valence-corrected chi connectivity index (χ2v) is 7.52. The number of aromatic nitrogens is 1. The summed E-state index contributed by atoms with van der Waals surface area (Å²) in [4.78, 5) is 29.6. The molecule has 1 aromatic rings. The Morgan fingerprint density at radius 2 is 1.48 bits per heavy atom. The van der Waals surface area contributed by atoms with Crippen LogP contribution in [0.4, 0.5) is 15.4 Å². The third-order valence-electron chi connectivity index (χ3n) is 2.32. The number of aryl methyl sites for hydroxylation is 1. The monoisotopic (exact) mass is 342 g/mol. The van der Waals surface area contributed by atoms with Gasteiger partial charge in [-0.15, -0.1) is 0 Å². The molecule has 0 bridgehead atoms. The molecule has 0 unspecified atom stereocenters. The Labute approximate surface area is 141 Å². The van der Waals surface area contributed by atoms with E-state index in [9.17, 15) is 9.59 Å². The van der Waals surface area contributed by atoms with E-state index in [1.165, 1.54) is 6.20 Å².